The summed E-state index contributed by atoms with van der Waals surface area (Å²) in [6, 6.07) is 5.67. The first-order valence-corrected chi connectivity index (χ1v) is 6.62. The van der Waals surface area contributed by atoms with Crippen LogP contribution in [0.1, 0.15) is 31.6 Å². The number of rotatable bonds is 2. The Hall–Kier alpha value is -2.43. The van der Waals surface area contributed by atoms with Gasteiger partial charge in [0.15, 0.2) is 5.43 Å². The summed E-state index contributed by atoms with van der Waals surface area (Å²) in [5.41, 5.74) is 1.74. The highest BCUT2D eigenvalue weighted by molar-refractivity contribution is 5.27. The van der Waals surface area contributed by atoms with Crippen LogP contribution >= 0.6 is 0 Å². The lowest BCUT2D eigenvalue weighted by molar-refractivity contribution is 0.533. The van der Waals surface area contributed by atoms with Gasteiger partial charge in [-0.2, -0.15) is 0 Å². The molecule has 5 nitrogen and oxygen atoms in total. The van der Waals surface area contributed by atoms with E-state index in [1.54, 1.807) is 30.9 Å². The minimum absolute atomic E-state index is 0.0127. The molecule has 5 heteroatoms. The van der Waals surface area contributed by atoms with Crippen LogP contribution in [0.4, 0.5) is 0 Å². The van der Waals surface area contributed by atoms with Crippen molar-refractivity contribution in [3.05, 3.63) is 63.3 Å². The van der Waals surface area contributed by atoms with E-state index in [4.69, 9.17) is 4.99 Å². The second-order valence-electron chi connectivity index (χ2n) is 5.04. The SMILES string of the molecule is CC(C)n1ccc(=O)c2c1=NC(c1ccncc1)NC=2. The van der Waals surface area contributed by atoms with Crippen molar-refractivity contribution in [3.8, 4) is 0 Å². The van der Waals surface area contributed by atoms with Gasteiger partial charge in [0.2, 0.25) is 0 Å². The molecule has 102 valence electrons. The van der Waals surface area contributed by atoms with Crippen molar-refractivity contribution in [3.63, 3.8) is 0 Å². The maximum Gasteiger partial charge on any atom is 0.192 e. The number of hydrogen-bond acceptors (Lipinski definition) is 4. The zero-order valence-electron chi connectivity index (χ0n) is 11.4. The number of nitrogens with one attached hydrogen (secondary N) is 1. The molecular formula is C15H16N4O. The average Bonchev–Trinajstić information content (AvgIpc) is 2.48. The fourth-order valence-corrected chi connectivity index (χ4v) is 2.28. The van der Waals surface area contributed by atoms with Crippen LogP contribution in [0, 0.1) is 0 Å². The molecule has 0 saturated carbocycles. The van der Waals surface area contributed by atoms with Gasteiger partial charge in [-0.05, 0) is 31.5 Å². The van der Waals surface area contributed by atoms with Crippen molar-refractivity contribution >= 4 is 6.20 Å². The van der Waals surface area contributed by atoms with E-state index in [9.17, 15) is 4.79 Å². The summed E-state index contributed by atoms with van der Waals surface area (Å²) in [7, 11) is 0. The van der Waals surface area contributed by atoms with Gasteiger partial charge in [-0.15, -0.1) is 0 Å². The van der Waals surface area contributed by atoms with Crippen LogP contribution in [0.3, 0.4) is 0 Å². The zero-order valence-corrected chi connectivity index (χ0v) is 11.4. The second kappa shape index (κ2) is 4.92. The lowest BCUT2D eigenvalue weighted by Gasteiger charge is -2.19. The first-order valence-electron chi connectivity index (χ1n) is 6.62. The predicted octanol–water partition coefficient (Wildman–Crippen LogP) is 0.484. The number of fused-ring (bicyclic) bond motifs is 1. The lowest BCUT2D eigenvalue weighted by Crippen LogP contribution is -2.49. The van der Waals surface area contributed by atoms with Crippen molar-refractivity contribution in [1.82, 2.24) is 14.9 Å². The molecule has 1 aliphatic heterocycles. The summed E-state index contributed by atoms with van der Waals surface area (Å²) in [6.07, 6.45) is 6.86. The van der Waals surface area contributed by atoms with Crippen molar-refractivity contribution in [2.24, 2.45) is 4.99 Å². The fourth-order valence-electron chi connectivity index (χ4n) is 2.28. The molecule has 0 amide bonds. The highest BCUT2D eigenvalue weighted by atomic mass is 16.1. The molecular weight excluding hydrogens is 252 g/mol. The van der Waals surface area contributed by atoms with E-state index in [1.165, 1.54) is 0 Å². The first kappa shape index (κ1) is 12.6. The molecule has 1 aliphatic rings. The summed E-state index contributed by atoms with van der Waals surface area (Å²) < 4.78 is 2.02. The minimum atomic E-state index is -0.183. The Morgan fingerprint density at radius 1 is 1.25 bits per heavy atom. The molecule has 2 aromatic rings. The van der Waals surface area contributed by atoms with Gasteiger partial charge in [0.25, 0.3) is 0 Å². The molecule has 0 radical (unpaired) electrons. The molecule has 1 N–H and O–H groups in total. The van der Waals surface area contributed by atoms with E-state index in [0.717, 1.165) is 11.1 Å². The maximum atomic E-state index is 11.9. The summed E-state index contributed by atoms with van der Waals surface area (Å²) in [5, 5.41) is 3.78. The monoisotopic (exact) mass is 268 g/mol. The molecule has 20 heavy (non-hydrogen) atoms. The normalized spacial score (nSPS) is 16.9. The summed E-state index contributed by atoms with van der Waals surface area (Å²) in [5.74, 6) is 0. The molecule has 0 aromatic carbocycles. The lowest BCUT2D eigenvalue weighted by atomic mass is 10.2. The van der Waals surface area contributed by atoms with Crippen molar-refractivity contribution < 1.29 is 0 Å². The van der Waals surface area contributed by atoms with Crippen molar-refractivity contribution in [2.45, 2.75) is 26.1 Å². The number of aromatic nitrogens is 2. The molecule has 0 spiro atoms. The smallest absolute Gasteiger partial charge is 0.192 e. The van der Waals surface area contributed by atoms with E-state index < -0.39 is 0 Å². The minimum Gasteiger partial charge on any atom is -0.365 e. The molecule has 2 aromatic heterocycles. The van der Waals surface area contributed by atoms with E-state index in [1.807, 2.05) is 16.7 Å². The third-order valence-corrected chi connectivity index (χ3v) is 3.35. The number of pyridine rings is 2. The maximum absolute atomic E-state index is 11.9. The average molecular weight is 268 g/mol. The van der Waals surface area contributed by atoms with Gasteiger partial charge in [-0.3, -0.25) is 9.78 Å². The van der Waals surface area contributed by atoms with Crippen LogP contribution in [0.25, 0.3) is 6.20 Å². The molecule has 1 unspecified atom stereocenters. The Balaban J connectivity index is 2.21. The Bertz CT molecular complexity index is 793. The second-order valence-corrected chi connectivity index (χ2v) is 5.04. The van der Waals surface area contributed by atoms with Gasteiger partial charge < -0.3 is 9.88 Å². The van der Waals surface area contributed by atoms with E-state index in [-0.39, 0.29) is 17.6 Å². The van der Waals surface area contributed by atoms with E-state index in [0.29, 0.717) is 5.22 Å². The fraction of sp³-hybridized carbons (Fsp3) is 0.267. The third kappa shape index (κ3) is 2.11. The quantitative estimate of drug-likeness (QED) is 0.862. The van der Waals surface area contributed by atoms with Gasteiger partial charge in [-0.25, -0.2) is 4.99 Å². The molecule has 3 heterocycles. The van der Waals surface area contributed by atoms with Gasteiger partial charge in [0.1, 0.15) is 11.7 Å². The molecule has 3 rings (SSSR count). The largest absolute Gasteiger partial charge is 0.365 e. The highest BCUT2D eigenvalue weighted by Crippen LogP contribution is 2.13. The highest BCUT2D eigenvalue weighted by Gasteiger charge is 2.13. The van der Waals surface area contributed by atoms with E-state index >= 15 is 0 Å². The summed E-state index contributed by atoms with van der Waals surface area (Å²) in [4.78, 5) is 20.6. The van der Waals surface area contributed by atoms with Gasteiger partial charge in [0, 0.05) is 36.9 Å². The molecule has 0 saturated heterocycles. The third-order valence-electron chi connectivity index (χ3n) is 3.35. The molecule has 0 bridgehead atoms. The van der Waals surface area contributed by atoms with Crippen molar-refractivity contribution in [1.29, 1.82) is 0 Å². The zero-order chi connectivity index (χ0) is 14.1. The molecule has 1 atom stereocenters. The van der Waals surface area contributed by atoms with Gasteiger partial charge in [0.05, 0.1) is 5.22 Å². The number of hydrogen-bond donors (Lipinski definition) is 1. The van der Waals surface area contributed by atoms with Crippen LogP contribution < -0.4 is 21.5 Å². The standard InChI is InChI=1S/C15H16N4O/c1-10(2)19-8-5-13(20)12-9-17-14(18-15(12)19)11-3-6-16-7-4-11/h3-10,14,17H,1-2H3. The van der Waals surface area contributed by atoms with Crippen LogP contribution in [0.2, 0.25) is 0 Å². The van der Waals surface area contributed by atoms with Crippen LogP contribution in [-0.2, 0) is 0 Å². The van der Waals surface area contributed by atoms with Gasteiger partial charge in [-0.1, -0.05) is 0 Å². The first-order chi connectivity index (χ1) is 9.66. The topological polar surface area (TPSA) is 59.3 Å². The van der Waals surface area contributed by atoms with E-state index in [2.05, 4.69) is 24.1 Å². The molecule has 0 aliphatic carbocycles. The van der Waals surface area contributed by atoms with Crippen LogP contribution in [0.15, 0.2) is 46.6 Å². The summed E-state index contributed by atoms with van der Waals surface area (Å²) in [6.45, 7) is 4.15. The van der Waals surface area contributed by atoms with Crippen LogP contribution in [0.5, 0.6) is 0 Å². The number of nitrogens with zero attached hydrogens (tertiary/aromatic N) is 3. The molecule has 0 fully saturated rings. The predicted molar refractivity (Wildman–Crippen MR) is 76.4 cm³/mol. The van der Waals surface area contributed by atoms with Crippen LogP contribution in [-0.4, -0.2) is 9.55 Å². The Morgan fingerprint density at radius 2 is 2.00 bits per heavy atom. The summed E-state index contributed by atoms with van der Waals surface area (Å²) >= 11 is 0. The van der Waals surface area contributed by atoms with Crippen molar-refractivity contribution in [2.75, 3.05) is 0 Å². The Labute approximate surface area is 116 Å². The Kier molecular flexibility index (Phi) is 3.10. The Morgan fingerprint density at radius 3 is 2.70 bits per heavy atom. The van der Waals surface area contributed by atoms with Gasteiger partial charge >= 0.3 is 0 Å².